The van der Waals surface area contributed by atoms with Gasteiger partial charge in [-0.2, -0.15) is 8.78 Å². The monoisotopic (exact) mass is 660 g/mol. The predicted octanol–water partition coefficient (Wildman–Crippen LogP) is 12.0. The molecule has 0 N–H and O–H groups in total. The number of halogens is 9. The number of aryl methyl sites for hydroxylation is 1. The zero-order valence-electron chi connectivity index (χ0n) is 24.2. The van der Waals surface area contributed by atoms with Gasteiger partial charge < -0.3 is 4.74 Å². The van der Waals surface area contributed by atoms with Crippen molar-refractivity contribution in [2.24, 2.45) is 0 Å². The van der Waals surface area contributed by atoms with Gasteiger partial charge >= 0.3 is 6.11 Å². The van der Waals surface area contributed by atoms with Crippen molar-refractivity contribution >= 4 is 11.6 Å². The molecule has 0 spiro atoms. The summed E-state index contributed by atoms with van der Waals surface area (Å²) in [5.74, 6) is -8.75. The topological polar surface area (TPSA) is 9.23 Å². The Kier molecular flexibility index (Phi) is 9.72. The molecule has 5 aromatic carbocycles. The van der Waals surface area contributed by atoms with Crippen molar-refractivity contribution in [1.82, 2.24) is 0 Å². The largest absolute Gasteiger partial charge is 0.432 e. The lowest BCUT2D eigenvalue weighted by Crippen LogP contribution is -2.25. The van der Waals surface area contributed by atoms with Crippen LogP contribution in [0.15, 0.2) is 84.9 Å². The van der Waals surface area contributed by atoms with Crippen LogP contribution >= 0.6 is 11.6 Å². The molecule has 0 aromatic heterocycles. The summed E-state index contributed by atoms with van der Waals surface area (Å²) >= 11 is 5.63. The first-order valence-electron chi connectivity index (χ1n) is 14.3. The van der Waals surface area contributed by atoms with Crippen molar-refractivity contribution in [1.29, 1.82) is 0 Å². The summed E-state index contributed by atoms with van der Waals surface area (Å²) in [4.78, 5) is 0. The normalized spacial score (nSPS) is 11.6. The van der Waals surface area contributed by atoms with Crippen molar-refractivity contribution < 1.29 is 39.9 Å². The second-order valence-corrected chi connectivity index (χ2v) is 11.1. The molecule has 46 heavy (non-hydrogen) atoms. The third-order valence-electron chi connectivity index (χ3n) is 7.44. The minimum Gasteiger partial charge on any atom is -0.429 e. The zero-order valence-corrected chi connectivity index (χ0v) is 25.0. The predicted molar refractivity (Wildman–Crippen MR) is 162 cm³/mol. The molecule has 0 amide bonds. The Morgan fingerprint density at radius 1 is 0.587 bits per heavy atom. The van der Waals surface area contributed by atoms with Gasteiger partial charge in [0.1, 0.15) is 46.2 Å². The van der Waals surface area contributed by atoms with E-state index in [9.17, 15) is 8.78 Å². The van der Waals surface area contributed by atoms with Crippen LogP contribution in [0.25, 0.3) is 33.4 Å². The SMILES string of the molecule is CCCCCc1ccc(-c2cc(F)c(-c3cc(F)c(C(F)(F)Oc4ccc(-c5ccc(Cl)c(F)c5)c(F)c4)c(F)c3)c(F)c2)cc1. The average Bonchev–Trinajstić information content (AvgIpc) is 2.98. The van der Waals surface area contributed by atoms with Crippen LogP contribution in [-0.4, -0.2) is 0 Å². The van der Waals surface area contributed by atoms with Crippen molar-refractivity contribution in [3.8, 4) is 39.1 Å². The molecule has 0 aliphatic rings. The molecule has 0 bridgehead atoms. The van der Waals surface area contributed by atoms with Gasteiger partial charge in [-0.25, -0.2) is 26.3 Å². The first-order valence-corrected chi connectivity index (χ1v) is 14.7. The van der Waals surface area contributed by atoms with Crippen LogP contribution in [0.2, 0.25) is 5.02 Å². The van der Waals surface area contributed by atoms with Crippen LogP contribution in [0.4, 0.5) is 35.1 Å². The molecule has 0 saturated heterocycles. The van der Waals surface area contributed by atoms with E-state index in [-0.39, 0.29) is 21.7 Å². The number of alkyl halides is 2. The van der Waals surface area contributed by atoms with E-state index in [1.807, 2.05) is 12.1 Å². The summed E-state index contributed by atoms with van der Waals surface area (Å²) in [6, 6.07) is 15.7. The van der Waals surface area contributed by atoms with Gasteiger partial charge in [0.05, 0.1) is 10.6 Å². The fourth-order valence-electron chi connectivity index (χ4n) is 5.11. The highest BCUT2D eigenvalue weighted by Crippen LogP contribution is 2.39. The molecular weight excluding hydrogens is 636 g/mol. The van der Waals surface area contributed by atoms with Crippen molar-refractivity contribution in [2.75, 3.05) is 0 Å². The van der Waals surface area contributed by atoms with Gasteiger partial charge in [-0.1, -0.05) is 61.7 Å². The van der Waals surface area contributed by atoms with Gasteiger partial charge in [0.25, 0.3) is 0 Å². The van der Waals surface area contributed by atoms with E-state index in [1.54, 1.807) is 12.1 Å². The minimum absolute atomic E-state index is 0.0496. The zero-order chi connectivity index (χ0) is 33.2. The summed E-state index contributed by atoms with van der Waals surface area (Å²) in [7, 11) is 0. The van der Waals surface area contributed by atoms with Crippen molar-refractivity contribution in [3.63, 3.8) is 0 Å². The summed E-state index contributed by atoms with van der Waals surface area (Å²) < 4.78 is 123. The molecular formula is C36H25ClF8O. The summed E-state index contributed by atoms with van der Waals surface area (Å²) in [5.41, 5.74) is -1.70. The second-order valence-electron chi connectivity index (χ2n) is 10.7. The molecule has 0 aliphatic carbocycles. The van der Waals surface area contributed by atoms with Gasteiger partial charge in [0.2, 0.25) is 0 Å². The van der Waals surface area contributed by atoms with E-state index in [2.05, 4.69) is 11.7 Å². The molecule has 238 valence electrons. The van der Waals surface area contributed by atoms with Crippen LogP contribution in [0.5, 0.6) is 5.75 Å². The number of unbranched alkanes of at least 4 members (excludes halogenated alkanes) is 2. The van der Waals surface area contributed by atoms with E-state index in [0.717, 1.165) is 61.6 Å². The molecule has 0 fully saturated rings. The molecule has 0 atom stereocenters. The number of hydrogen-bond acceptors (Lipinski definition) is 1. The molecule has 10 heteroatoms. The maximum atomic E-state index is 15.2. The summed E-state index contributed by atoms with van der Waals surface area (Å²) in [6.45, 7) is 2.09. The Bertz CT molecular complexity index is 1840. The molecule has 5 aromatic rings. The van der Waals surface area contributed by atoms with Crippen LogP contribution in [0.1, 0.15) is 37.3 Å². The number of ether oxygens (including phenoxy) is 1. The lowest BCUT2D eigenvalue weighted by molar-refractivity contribution is -0.189. The Morgan fingerprint density at radius 3 is 1.76 bits per heavy atom. The highest BCUT2D eigenvalue weighted by atomic mass is 35.5. The van der Waals surface area contributed by atoms with Gasteiger partial charge in [0.15, 0.2) is 0 Å². The molecule has 0 heterocycles. The van der Waals surface area contributed by atoms with Gasteiger partial charge in [-0.15, -0.1) is 0 Å². The highest BCUT2D eigenvalue weighted by molar-refractivity contribution is 6.30. The lowest BCUT2D eigenvalue weighted by atomic mass is 9.96. The molecule has 5 rings (SSSR count). The Hall–Kier alpha value is -4.37. The molecule has 0 saturated carbocycles. The average molecular weight is 661 g/mol. The van der Waals surface area contributed by atoms with E-state index in [4.69, 9.17) is 11.6 Å². The van der Waals surface area contributed by atoms with Crippen LogP contribution < -0.4 is 4.74 Å². The lowest BCUT2D eigenvalue weighted by Gasteiger charge is -2.20. The minimum atomic E-state index is -4.67. The van der Waals surface area contributed by atoms with Crippen molar-refractivity contribution in [3.05, 3.63) is 136 Å². The van der Waals surface area contributed by atoms with E-state index in [1.165, 1.54) is 12.1 Å². The third-order valence-corrected chi connectivity index (χ3v) is 7.74. The fourth-order valence-corrected chi connectivity index (χ4v) is 5.23. The molecule has 0 aliphatic heterocycles. The fraction of sp³-hybridized carbons (Fsp3) is 0.167. The number of rotatable bonds is 10. The number of hydrogen-bond donors (Lipinski definition) is 0. The first-order chi connectivity index (χ1) is 21.9. The molecule has 1 nitrogen and oxygen atoms in total. The maximum absolute atomic E-state index is 15.2. The summed E-state index contributed by atoms with van der Waals surface area (Å²) in [5, 5.41) is -0.208. The molecule has 0 radical (unpaired) electrons. The van der Waals surface area contributed by atoms with Gasteiger partial charge in [0, 0.05) is 11.6 Å². The summed E-state index contributed by atoms with van der Waals surface area (Å²) in [6.07, 6.45) is -0.643. The molecule has 0 unspecified atom stereocenters. The van der Waals surface area contributed by atoms with Crippen LogP contribution in [0, 0.1) is 34.9 Å². The van der Waals surface area contributed by atoms with E-state index in [0.29, 0.717) is 23.8 Å². The number of benzene rings is 5. The standard InChI is InChI=1S/C36H25ClF8O/c1-2-3-4-5-20-6-8-21(9-7-20)23-15-30(40)34(31(41)16-23)24-17-32(42)35(33(43)18-24)36(44,45)46-25-11-12-26(28(38)19-25)22-10-13-27(37)29(39)14-22/h6-19H,2-5H2,1H3. The van der Waals surface area contributed by atoms with E-state index < -0.39 is 63.5 Å². The Morgan fingerprint density at radius 2 is 1.17 bits per heavy atom. The van der Waals surface area contributed by atoms with Crippen LogP contribution in [0.3, 0.4) is 0 Å². The first kappa shape index (κ1) is 33.0. The van der Waals surface area contributed by atoms with Gasteiger partial charge in [-0.3, -0.25) is 0 Å². The van der Waals surface area contributed by atoms with Gasteiger partial charge in [-0.05, 0) is 89.2 Å². The Labute approximate surface area is 265 Å². The quantitative estimate of drug-likeness (QED) is 0.107. The van der Waals surface area contributed by atoms with Crippen molar-refractivity contribution in [2.45, 2.75) is 38.7 Å². The van der Waals surface area contributed by atoms with Crippen LogP contribution in [-0.2, 0) is 12.5 Å². The maximum Gasteiger partial charge on any atom is 0.432 e. The third kappa shape index (κ3) is 7.04. The highest BCUT2D eigenvalue weighted by Gasteiger charge is 2.41. The Balaban J connectivity index is 1.39. The second kappa shape index (κ2) is 13.5. The smallest absolute Gasteiger partial charge is 0.429 e. The van der Waals surface area contributed by atoms with E-state index >= 15 is 26.3 Å².